The zero-order valence-corrected chi connectivity index (χ0v) is 13.4. The van der Waals surface area contributed by atoms with Crippen molar-refractivity contribution in [2.24, 2.45) is 4.99 Å². The summed E-state index contributed by atoms with van der Waals surface area (Å²) in [5, 5.41) is 0. The zero-order valence-electron chi connectivity index (χ0n) is 13.4. The SMILES string of the molecule is COc1cccc(C(=O)N=c2ccccn2Cc2ccccc2)c1. The molecule has 0 atom stereocenters. The van der Waals surface area contributed by atoms with Crippen molar-refractivity contribution in [3.63, 3.8) is 0 Å². The van der Waals surface area contributed by atoms with Crippen LogP contribution in [-0.2, 0) is 6.54 Å². The first-order chi connectivity index (χ1) is 11.8. The second kappa shape index (κ2) is 7.42. The molecular formula is C20H18N2O2. The van der Waals surface area contributed by atoms with Gasteiger partial charge in [-0.2, -0.15) is 4.99 Å². The lowest BCUT2D eigenvalue weighted by Gasteiger charge is -2.07. The molecule has 120 valence electrons. The summed E-state index contributed by atoms with van der Waals surface area (Å²) in [7, 11) is 1.58. The molecule has 0 aliphatic carbocycles. The van der Waals surface area contributed by atoms with Crippen molar-refractivity contribution in [1.82, 2.24) is 4.57 Å². The van der Waals surface area contributed by atoms with Gasteiger partial charge in [0.25, 0.3) is 5.91 Å². The standard InChI is InChI=1S/C20H18N2O2/c1-24-18-11-7-10-17(14-18)20(23)21-19-12-5-6-13-22(19)15-16-8-3-2-4-9-16/h2-14H,15H2,1H3. The Morgan fingerprint density at radius 3 is 2.58 bits per heavy atom. The summed E-state index contributed by atoms with van der Waals surface area (Å²) >= 11 is 0. The van der Waals surface area contributed by atoms with E-state index in [1.54, 1.807) is 31.4 Å². The van der Waals surface area contributed by atoms with Gasteiger partial charge in [-0.15, -0.1) is 0 Å². The molecule has 0 fully saturated rings. The molecule has 0 aliphatic heterocycles. The molecule has 0 unspecified atom stereocenters. The number of methoxy groups -OCH3 is 1. The number of carbonyl (C=O) groups is 1. The van der Waals surface area contributed by atoms with Crippen LogP contribution in [0.1, 0.15) is 15.9 Å². The molecule has 1 amide bonds. The monoisotopic (exact) mass is 318 g/mol. The Bertz CT molecular complexity index is 899. The van der Waals surface area contributed by atoms with Crippen molar-refractivity contribution in [2.75, 3.05) is 7.11 Å². The second-order valence-corrected chi connectivity index (χ2v) is 5.32. The fourth-order valence-electron chi connectivity index (χ4n) is 2.41. The van der Waals surface area contributed by atoms with Crippen molar-refractivity contribution >= 4 is 5.91 Å². The van der Waals surface area contributed by atoms with Gasteiger partial charge in [-0.1, -0.05) is 42.5 Å². The maximum absolute atomic E-state index is 12.5. The number of pyridine rings is 1. The van der Waals surface area contributed by atoms with E-state index in [0.717, 1.165) is 5.56 Å². The second-order valence-electron chi connectivity index (χ2n) is 5.32. The van der Waals surface area contributed by atoms with Gasteiger partial charge in [-0.25, -0.2) is 0 Å². The lowest BCUT2D eigenvalue weighted by Crippen LogP contribution is -2.22. The number of hydrogen-bond acceptors (Lipinski definition) is 2. The van der Waals surface area contributed by atoms with Crippen LogP contribution in [0.3, 0.4) is 0 Å². The minimum absolute atomic E-state index is 0.290. The molecule has 0 radical (unpaired) electrons. The van der Waals surface area contributed by atoms with Crippen molar-refractivity contribution in [3.05, 3.63) is 95.6 Å². The quantitative estimate of drug-likeness (QED) is 0.741. The van der Waals surface area contributed by atoms with Gasteiger partial charge in [-0.3, -0.25) is 4.79 Å². The summed E-state index contributed by atoms with van der Waals surface area (Å²) in [6.07, 6.45) is 1.92. The smallest absolute Gasteiger partial charge is 0.279 e. The summed E-state index contributed by atoms with van der Waals surface area (Å²) in [6.45, 7) is 0.659. The molecule has 0 aliphatic rings. The van der Waals surface area contributed by atoms with Crippen LogP contribution in [0.2, 0.25) is 0 Å². The Labute approximate surface area is 140 Å². The van der Waals surface area contributed by atoms with Gasteiger partial charge < -0.3 is 9.30 Å². The van der Waals surface area contributed by atoms with Gasteiger partial charge in [0.15, 0.2) is 0 Å². The van der Waals surface area contributed by atoms with Gasteiger partial charge in [0.2, 0.25) is 0 Å². The number of carbonyl (C=O) groups excluding carboxylic acids is 1. The first kappa shape index (κ1) is 15.7. The molecule has 0 saturated carbocycles. The molecule has 3 rings (SSSR count). The maximum atomic E-state index is 12.5. The molecule has 2 aromatic carbocycles. The van der Waals surface area contributed by atoms with Gasteiger partial charge in [-0.05, 0) is 35.9 Å². The molecule has 24 heavy (non-hydrogen) atoms. The third-order valence-electron chi connectivity index (χ3n) is 3.65. The summed E-state index contributed by atoms with van der Waals surface area (Å²) < 4.78 is 7.11. The fourth-order valence-corrected chi connectivity index (χ4v) is 2.41. The lowest BCUT2D eigenvalue weighted by atomic mass is 10.2. The van der Waals surface area contributed by atoms with Crippen LogP contribution in [0, 0.1) is 0 Å². The molecule has 3 aromatic rings. The Kier molecular flexibility index (Phi) is 4.87. The van der Waals surface area contributed by atoms with Crippen LogP contribution in [0.5, 0.6) is 5.75 Å². The van der Waals surface area contributed by atoms with Crippen LogP contribution in [0.15, 0.2) is 84.0 Å². The number of nitrogens with zero attached hydrogens (tertiary/aromatic N) is 2. The molecule has 0 N–H and O–H groups in total. The minimum Gasteiger partial charge on any atom is -0.497 e. The maximum Gasteiger partial charge on any atom is 0.279 e. The molecule has 0 spiro atoms. The largest absolute Gasteiger partial charge is 0.497 e. The third kappa shape index (κ3) is 3.79. The summed E-state index contributed by atoms with van der Waals surface area (Å²) in [5.41, 5.74) is 2.28. The highest BCUT2D eigenvalue weighted by Crippen LogP contribution is 2.13. The predicted octanol–water partition coefficient (Wildman–Crippen LogP) is 3.29. The van der Waals surface area contributed by atoms with Gasteiger partial charge in [0.05, 0.1) is 7.11 Å². The molecule has 0 saturated heterocycles. The molecule has 4 nitrogen and oxygen atoms in total. The van der Waals surface area contributed by atoms with Crippen LogP contribution in [0.25, 0.3) is 0 Å². The van der Waals surface area contributed by atoms with E-state index in [0.29, 0.717) is 23.3 Å². The highest BCUT2D eigenvalue weighted by molar-refractivity contribution is 5.95. The van der Waals surface area contributed by atoms with E-state index >= 15 is 0 Å². The van der Waals surface area contributed by atoms with Crippen LogP contribution >= 0.6 is 0 Å². The summed E-state index contributed by atoms with van der Waals surface area (Å²) in [6, 6.07) is 22.7. The predicted molar refractivity (Wildman–Crippen MR) is 92.9 cm³/mol. The Balaban J connectivity index is 1.93. The molecule has 1 aromatic heterocycles. The first-order valence-electron chi connectivity index (χ1n) is 7.69. The van der Waals surface area contributed by atoms with Crippen molar-refractivity contribution in [3.8, 4) is 5.75 Å². The van der Waals surface area contributed by atoms with E-state index in [-0.39, 0.29) is 5.91 Å². The van der Waals surface area contributed by atoms with Crippen molar-refractivity contribution in [2.45, 2.75) is 6.54 Å². The van der Waals surface area contributed by atoms with E-state index in [1.807, 2.05) is 59.3 Å². The molecule has 4 heteroatoms. The number of hydrogen-bond donors (Lipinski definition) is 0. The molecule has 0 bridgehead atoms. The summed E-state index contributed by atoms with van der Waals surface area (Å²) in [5.74, 6) is 0.350. The number of aromatic nitrogens is 1. The zero-order chi connectivity index (χ0) is 16.8. The average molecular weight is 318 g/mol. The minimum atomic E-state index is -0.290. The highest BCUT2D eigenvalue weighted by atomic mass is 16.5. The Morgan fingerprint density at radius 1 is 1.00 bits per heavy atom. The first-order valence-corrected chi connectivity index (χ1v) is 7.69. The van der Waals surface area contributed by atoms with E-state index < -0.39 is 0 Å². The van der Waals surface area contributed by atoms with Gasteiger partial charge in [0.1, 0.15) is 11.2 Å². The normalized spacial score (nSPS) is 11.3. The van der Waals surface area contributed by atoms with Gasteiger partial charge >= 0.3 is 0 Å². The van der Waals surface area contributed by atoms with Crippen molar-refractivity contribution < 1.29 is 9.53 Å². The van der Waals surface area contributed by atoms with E-state index in [9.17, 15) is 4.79 Å². The number of amides is 1. The lowest BCUT2D eigenvalue weighted by molar-refractivity contribution is 0.0997. The van der Waals surface area contributed by atoms with Crippen LogP contribution < -0.4 is 10.2 Å². The van der Waals surface area contributed by atoms with Crippen LogP contribution in [0.4, 0.5) is 0 Å². The number of benzene rings is 2. The topological polar surface area (TPSA) is 43.6 Å². The fraction of sp³-hybridized carbons (Fsp3) is 0.100. The molecule has 1 heterocycles. The Hall–Kier alpha value is -3.14. The van der Waals surface area contributed by atoms with E-state index in [4.69, 9.17) is 4.74 Å². The third-order valence-corrected chi connectivity index (χ3v) is 3.65. The van der Waals surface area contributed by atoms with Gasteiger partial charge in [0, 0.05) is 18.3 Å². The Morgan fingerprint density at radius 2 is 1.79 bits per heavy atom. The number of ether oxygens (including phenoxy) is 1. The van der Waals surface area contributed by atoms with Crippen molar-refractivity contribution in [1.29, 1.82) is 0 Å². The molecular weight excluding hydrogens is 300 g/mol. The van der Waals surface area contributed by atoms with E-state index in [2.05, 4.69) is 4.99 Å². The summed E-state index contributed by atoms with van der Waals surface area (Å²) in [4.78, 5) is 16.7. The average Bonchev–Trinajstić information content (AvgIpc) is 2.64. The van der Waals surface area contributed by atoms with E-state index in [1.165, 1.54) is 0 Å². The van der Waals surface area contributed by atoms with Crippen LogP contribution in [-0.4, -0.2) is 17.6 Å². The number of rotatable bonds is 4. The highest BCUT2D eigenvalue weighted by Gasteiger charge is 2.05.